The highest BCUT2D eigenvalue weighted by Gasteiger charge is 2.31. The Hall–Kier alpha value is -1.49. The fourth-order valence-electron chi connectivity index (χ4n) is 1.56. The molecule has 86 valence electrons. The smallest absolute Gasteiger partial charge is 0.341 e. The van der Waals surface area contributed by atoms with Gasteiger partial charge in [-0.1, -0.05) is 11.6 Å². The second kappa shape index (κ2) is 4.17. The van der Waals surface area contributed by atoms with E-state index >= 15 is 0 Å². The molecule has 0 fully saturated rings. The van der Waals surface area contributed by atoms with Gasteiger partial charge in [0.25, 0.3) is 0 Å². The van der Waals surface area contributed by atoms with Gasteiger partial charge in [0.1, 0.15) is 0 Å². The molecule has 0 saturated carbocycles. The van der Waals surface area contributed by atoms with Crippen molar-refractivity contribution in [1.82, 2.24) is 10.3 Å². The van der Waals surface area contributed by atoms with Gasteiger partial charge in [0.05, 0.1) is 23.4 Å². The zero-order chi connectivity index (χ0) is 11.7. The van der Waals surface area contributed by atoms with Crippen molar-refractivity contribution < 1.29 is 9.53 Å². The molecule has 1 atom stereocenters. The van der Waals surface area contributed by atoms with E-state index < -0.39 is 5.97 Å². The normalized spacial score (nSPS) is 22.8. The molecule has 0 aromatic carbocycles. The average Bonchev–Trinajstić information content (AvgIpc) is 2.60. The van der Waals surface area contributed by atoms with Crippen molar-refractivity contribution in [3.8, 4) is 0 Å². The second-order valence-electron chi connectivity index (χ2n) is 3.47. The summed E-state index contributed by atoms with van der Waals surface area (Å²) in [4.78, 5) is 11.6. The van der Waals surface area contributed by atoms with Gasteiger partial charge in [-0.3, -0.25) is 0 Å². The van der Waals surface area contributed by atoms with Crippen LogP contribution in [0, 0.1) is 0 Å². The Morgan fingerprint density at radius 3 is 3.19 bits per heavy atom. The summed E-state index contributed by atoms with van der Waals surface area (Å²) in [7, 11) is 0. The zero-order valence-electron chi connectivity index (χ0n) is 9.03. The molecular formula is C10H12ClN3O2. The number of carbonyl (C=O) groups excluding carboxylic acids is 1. The fourth-order valence-corrected chi connectivity index (χ4v) is 1.84. The van der Waals surface area contributed by atoms with Gasteiger partial charge < -0.3 is 10.1 Å². The van der Waals surface area contributed by atoms with Crippen molar-refractivity contribution >= 4 is 23.8 Å². The maximum absolute atomic E-state index is 11.6. The van der Waals surface area contributed by atoms with Crippen molar-refractivity contribution in [1.29, 1.82) is 0 Å². The van der Waals surface area contributed by atoms with E-state index in [1.807, 2.05) is 13.1 Å². The maximum Gasteiger partial charge on any atom is 0.341 e. The number of esters is 1. The highest BCUT2D eigenvalue weighted by Crippen LogP contribution is 2.26. The van der Waals surface area contributed by atoms with Crippen molar-refractivity contribution in [3.63, 3.8) is 0 Å². The van der Waals surface area contributed by atoms with E-state index in [9.17, 15) is 4.79 Å². The molecule has 2 rings (SSSR count). The molecule has 0 saturated heterocycles. The number of carbonyl (C=O) groups is 1. The van der Waals surface area contributed by atoms with E-state index in [0.717, 1.165) is 5.70 Å². The third-order valence-electron chi connectivity index (χ3n) is 2.27. The van der Waals surface area contributed by atoms with E-state index in [0.29, 0.717) is 17.2 Å². The van der Waals surface area contributed by atoms with Crippen LogP contribution in [-0.4, -0.2) is 30.0 Å². The molecule has 6 heteroatoms. The monoisotopic (exact) mass is 241 g/mol. The summed E-state index contributed by atoms with van der Waals surface area (Å²) in [5, 5.41) is 9.28. The molecule has 0 aliphatic carbocycles. The van der Waals surface area contributed by atoms with Crippen LogP contribution in [0.5, 0.6) is 0 Å². The van der Waals surface area contributed by atoms with Crippen LogP contribution in [0.15, 0.2) is 27.6 Å². The lowest BCUT2D eigenvalue weighted by atomic mass is 10.2. The van der Waals surface area contributed by atoms with Crippen LogP contribution in [0.3, 0.4) is 0 Å². The lowest BCUT2D eigenvalue weighted by molar-refractivity contribution is -0.137. The number of ether oxygens (including phenoxy) is 1. The molecule has 0 aromatic heterocycles. The van der Waals surface area contributed by atoms with Gasteiger partial charge in [0, 0.05) is 11.9 Å². The van der Waals surface area contributed by atoms with E-state index in [4.69, 9.17) is 16.3 Å². The first-order chi connectivity index (χ1) is 7.63. The molecule has 2 aliphatic rings. The zero-order valence-corrected chi connectivity index (χ0v) is 9.78. The average molecular weight is 242 g/mol. The van der Waals surface area contributed by atoms with Gasteiger partial charge >= 0.3 is 5.97 Å². The molecule has 5 nitrogen and oxygen atoms in total. The van der Waals surface area contributed by atoms with E-state index in [-0.39, 0.29) is 6.17 Å². The van der Waals surface area contributed by atoms with Crippen molar-refractivity contribution in [2.75, 3.05) is 6.61 Å². The molecule has 16 heavy (non-hydrogen) atoms. The van der Waals surface area contributed by atoms with Crippen molar-refractivity contribution in [2.45, 2.75) is 20.0 Å². The van der Waals surface area contributed by atoms with E-state index in [1.165, 1.54) is 6.21 Å². The minimum Gasteiger partial charge on any atom is -0.462 e. The Morgan fingerprint density at radius 2 is 2.50 bits per heavy atom. The summed E-state index contributed by atoms with van der Waals surface area (Å²) in [6.45, 7) is 3.97. The fraction of sp³-hybridized carbons (Fsp3) is 0.400. The lowest BCUT2D eigenvalue weighted by Crippen LogP contribution is -2.37. The summed E-state index contributed by atoms with van der Waals surface area (Å²) in [5.74, 6) is -0.442. The number of hydrogen-bond donors (Lipinski definition) is 1. The van der Waals surface area contributed by atoms with Gasteiger partial charge in [-0.05, 0) is 13.8 Å². The van der Waals surface area contributed by atoms with Crippen molar-refractivity contribution in [3.05, 3.63) is 22.5 Å². The first kappa shape index (κ1) is 11.0. The topological polar surface area (TPSA) is 53.9 Å². The number of hydrogen-bond acceptors (Lipinski definition) is 5. The van der Waals surface area contributed by atoms with Crippen LogP contribution in [0.4, 0.5) is 0 Å². The SMILES string of the molecule is CCOC(=O)C1=C(Cl)C2NC(C)=CN2N=C1. The van der Waals surface area contributed by atoms with E-state index in [2.05, 4.69) is 10.4 Å². The highest BCUT2D eigenvalue weighted by molar-refractivity contribution is 6.35. The van der Waals surface area contributed by atoms with Crippen LogP contribution < -0.4 is 5.32 Å². The molecule has 2 heterocycles. The quantitative estimate of drug-likeness (QED) is 0.737. The Morgan fingerprint density at radius 1 is 1.75 bits per heavy atom. The molecule has 0 amide bonds. The minimum atomic E-state index is -0.442. The van der Waals surface area contributed by atoms with Crippen LogP contribution in [0.2, 0.25) is 0 Å². The third-order valence-corrected chi connectivity index (χ3v) is 2.68. The summed E-state index contributed by atoms with van der Waals surface area (Å²) in [6.07, 6.45) is 2.96. The minimum absolute atomic E-state index is 0.286. The van der Waals surface area contributed by atoms with Crippen LogP contribution in [0.1, 0.15) is 13.8 Å². The van der Waals surface area contributed by atoms with E-state index in [1.54, 1.807) is 11.9 Å². The number of nitrogens with one attached hydrogen (secondary N) is 1. The largest absolute Gasteiger partial charge is 0.462 e. The number of nitrogens with zero attached hydrogens (tertiary/aromatic N) is 2. The second-order valence-corrected chi connectivity index (χ2v) is 3.87. The molecule has 2 aliphatic heterocycles. The molecule has 0 bridgehead atoms. The first-order valence-corrected chi connectivity index (χ1v) is 5.35. The number of halogens is 1. The molecule has 1 N–H and O–H groups in total. The Balaban J connectivity index is 2.23. The number of fused-ring (bicyclic) bond motifs is 1. The number of rotatable bonds is 2. The van der Waals surface area contributed by atoms with Gasteiger partial charge in [-0.15, -0.1) is 0 Å². The highest BCUT2D eigenvalue weighted by atomic mass is 35.5. The Kier molecular flexibility index (Phi) is 2.87. The number of hydrazone groups is 1. The summed E-state index contributed by atoms with van der Waals surface area (Å²) in [5.41, 5.74) is 1.26. The molecule has 0 aromatic rings. The van der Waals surface area contributed by atoms with Crippen LogP contribution >= 0.6 is 11.6 Å². The first-order valence-electron chi connectivity index (χ1n) is 4.97. The van der Waals surface area contributed by atoms with Crippen LogP contribution in [-0.2, 0) is 9.53 Å². The summed E-state index contributed by atoms with van der Waals surface area (Å²) < 4.78 is 4.89. The maximum atomic E-state index is 11.6. The number of allylic oxidation sites excluding steroid dienone is 1. The Labute approximate surface area is 98.4 Å². The van der Waals surface area contributed by atoms with Crippen molar-refractivity contribution in [2.24, 2.45) is 5.10 Å². The van der Waals surface area contributed by atoms with Gasteiger partial charge in [0.2, 0.25) is 0 Å². The summed E-state index contributed by atoms with van der Waals surface area (Å²) >= 11 is 6.13. The molecule has 0 radical (unpaired) electrons. The summed E-state index contributed by atoms with van der Waals surface area (Å²) in [6, 6.07) is 0. The van der Waals surface area contributed by atoms with Gasteiger partial charge in [-0.25, -0.2) is 9.80 Å². The van der Waals surface area contributed by atoms with Crippen LogP contribution in [0.25, 0.3) is 0 Å². The standard InChI is InChI=1S/C10H12ClN3O2/c1-3-16-10(15)7-4-12-14-5-6(2)13-9(14)8(7)11/h4-5,9,13H,3H2,1-2H3. The Bertz CT molecular complexity index is 414. The third kappa shape index (κ3) is 1.78. The molecular weight excluding hydrogens is 230 g/mol. The van der Waals surface area contributed by atoms with Gasteiger partial charge in [0.15, 0.2) is 6.17 Å². The van der Waals surface area contributed by atoms with Gasteiger partial charge in [-0.2, -0.15) is 5.10 Å². The predicted molar refractivity (Wildman–Crippen MR) is 60.5 cm³/mol. The molecule has 1 unspecified atom stereocenters. The predicted octanol–water partition coefficient (Wildman–Crippen LogP) is 1.13. The molecule has 0 spiro atoms. The lowest BCUT2D eigenvalue weighted by Gasteiger charge is -2.24.